The van der Waals surface area contributed by atoms with Crippen molar-refractivity contribution in [3.05, 3.63) is 59.4 Å². The van der Waals surface area contributed by atoms with Crippen LogP contribution < -0.4 is 9.64 Å². The van der Waals surface area contributed by atoms with Crippen molar-refractivity contribution in [3.8, 4) is 5.75 Å². The number of fused-ring (bicyclic) bond motifs is 4. The third-order valence-electron chi connectivity index (χ3n) is 5.80. The normalized spacial score (nSPS) is 22.4. The van der Waals surface area contributed by atoms with Gasteiger partial charge in [-0.15, -0.1) is 0 Å². The number of aliphatic imine (C=N–C) groups is 1. The molecular weight excluding hydrogens is 346 g/mol. The number of aromatic nitrogens is 1. The van der Waals surface area contributed by atoms with Crippen LogP contribution in [0.5, 0.6) is 5.75 Å². The number of nitrogens with zero attached hydrogens (tertiary/aromatic N) is 3. The Morgan fingerprint density at radius 2 is 1.85 bits per heavy atom. The van der Waals surface area contributed by atoms with Gasteiger partial charge in [-0.05, 0) is 43.7 Å². The Balaban J connectivity index is 1.72. The lowest BCUT2D eigenvalue weighted by molar-refractivity contribution is 0.0826. The fraction of sp³-hybridized carbons (Fsp3) is 0.238. The van der Waals surface area contributed by atoms with Crippen LogP contribution in [-0.2, 0) is 5.41 Å². The lowest BCUT2D eigenvalue weighted by Gasteiger charge is -2.45. The van der Waals surface area contributed by atoms with Crippen LogP contribution in [0.25, 0.3) is 10.8 Å². The number of rotatable bonds is 0. The van der Waals surface area contributed by atoms with Crippen molar-refractivity contribution in [2.75, 3.05) is 11.9 Å². The van der Waals surface area contributed by atoms with E-state index in [1.165, 1.54) is 11.3 Å². The number of hydrogen-bond donors (Lipinski definition) is 0. The molecule has 26 heavy (non-hydrogen) atoms. The first-order valence-corrected chi connectivity index (χ1v) is 8.98. The van der Waals surface area contributed by atoms with E-state index in [-0.39, 0.29) is 5.41 Å². The average molecular weight is 364 g/mol. The van der Waals surface area contributed by atoms with E-state index in [2.05, 4.69) is 55.0 Å². The summed E-state index contributed by atoms with van der Waals surface area (Å²) in [5, 5.41) is 2.31. The molecule has 5 rings (SSSR count). The molecular formula is C21H18ClN3O. The van der Waals surface area contributed by atoms with Crippen molar-refractivity contribution < 1.29 is 4.74 Å². The summed E-state index contributed by atoms with van der Waals surface area (Å²) in [6.45, 7) is 4.41. The van der Waals surface area contributed by atoms with E-state index < -0.39 is 5.72 Å². The lowest BCUT2D eigenvalue weighted by Crippen LogP contribution is -2.61. The molecule has 0 saturated heterocycles. The van der Waals surface area contributed by atoms with Gasteiger partial charge in [0.15, 0.2) is 0 Å². The first kappa shape index (κ1) is 15.6. The predicted octanol–water partition coefficient (Wildman–Crippen LogP) is 5.11. The Labute approximate surface area is 157 Å². The highest BCUT2D eigenvalue weighted by Gasteiger charge is 2.58. The van der Waals surface area contributed by atoms with Gasteiger partial charge in [0.25, 0.3) is 0 Å². The molecule has 130 valence electrons. The summed E-state index contributed by atoms with van der Waals surface area (Å²) in [6, 6.07) is 14.2. The van der Waals surface area contributed by atoms with E-state index >= 15 is 0 Å². The van der Waals surface area contributed by atoms with E-state index in [0.29, 0.717) is 5.15 Å². The highest BCUT2D eigenvalue weighted by molar-refractivity contribution is 6.34. The fourth-order valence-electron chi connectivity index (χ4n) is 4.27. The van der Waals surface area contributed by atoms with Crippen LogP contribution in [0.15, 0.2) is 53.7 Å². The smallest absolute Gasteiger partial charge is 0.228 e. The minimum atomic E-state index is -0.672. The molecule has 2 aliphatic rings. The second-order valence-electron chi connectivity index (χ2n) is 7.37. The van der Waals surface area contributed by atoms with Crippen LogP contribution >= 0.6 is 11.6 Å². The molecule has 2 aliphatic heterocycles. The van der Waals surface area contributed by atoms with Crippen molar-refractivity contribution >= 4 is 40.0 Å². The van der Waals surface area contributed by atoms with Gasteiger partial charge in [-0.2, -0.15) is 0 Å². The second kappa shape index (κ2) is 4.98. The van der Waals surface area contributed by atoms with Gasteiger partial charge in [0.05, 0.1) is 11.6 Å². The van der Waals surface area contributed by atoms with Gasteiger partial charge in [-0.25, -0.2) is 4.98 Å². The number of pyridine rings is 1. The molecule has 0 N–H and O–H groups in total. The molecule has 0 bridgehead atoms. The first-order valence-electron chi connectivity index (χ1n) is 8.60. The Morgan fingerprint density at radius 1 is 1.04 bits per heavy atom. The molecule has 0 amide bonds. The van der Waals surface area contributed by atoms with Gasteiger partial charge in [0, 0.05) is 29.7 Å². The van der Waals surface area contributed by atoms with Crippen molar-refractivity contribution in [3.63, 3.8) is 0 Å². The molecule has 0 aliphatic carbocycles. The average Bonchev–Trinajstić information content (AvgIpc) is 2.81. The molecule has 2 aromatic carbocycles. The van der Waals surface area contributed by atoms with E-state index in [1.54, 1.807) is 6.20 Å². The molecule has 1 spiro atoms. The molecule has 1 aromatic heterocycles. The number of halogens is 1. The fourth-order valence-corrected chi connectivity index (χ4v) is 4.50. The number of para-hydroxylation sites is 1. The SMILES string of the molecule is CN1c2ccccc2C(C)(C)C12C=Nc1c(ccc3c(Cl)nccc13)O2. The maximum absolute atomic E-state index is 6.65. The van der Waals surface area contributed by atoms with Crippen LogP contribution in [0.1, 0.15) is 19.4 Å². The van der Waals surface area contributed by atoms with Crippen LogP contribution in [0.4, 0.5) is 11.4 Å². The monoisotopic (exact) mass is 363 g/mol. The van der Waals surface area contributed by atoms with Crippen molar-refractivity contribution in [1.29, 1.82) is 0 Å². The maximum Gasteiger partial charge on any atom is 0.228 e. The summed E-state index contributed by atoms with van der Waals surface area (Å²) in [7, 11) is 2.06. The molecule has 5 heteroatoms. The molecule has 0 radical (unpaired) electrons. The Kier molecular flexibility index (Phi) is 3.00. The highest BCUT2D eigenvalue weighted by Crippen LogP contribution is 2.54. The standard InChI is InChI=1S/C21H18ClN3O/c1-20(2)15-6-4-5-7-16(15)25(3)21(20)12-24-18-13-10-11-23-19(22)14(13)8-9-17(18)26-21/h4-12H,1-3H3. The highest BCUT2D eigenvalue weighted by atomic mass is 35.5. The zero-order valence-electron chi connectivity index (χ0n) is 14.8. The molecule has 4 nitrogen and oxygen atoms in total. The molecule has 3 heterocycles. The second-order valence-corrected chi connectivity index (χ2v) is 7.73. The van der Waals surface area contributed by atoms with Gasteiger partial charge in [0.2, 0.25) is 5.72 Å². The largest absolute Gasteiger partial charge is 0.459 e. The summed E-state index contributed by atoms with van der Waals surface area (Å²) in [4.78, 5) is 11.2. The van der Waals surface area contributed by atoms with Gasteiger partial charge in [0.1, 0.15) is 16.6 Å². The van der Waals surface area contributed by atoms with Crippen LogP contribution in [0.3, 0.4) is 0 Å². The van der Waals surface area contributed by atoms with Gasteiger partial charge in [-0.3, -0.25) is 4.99 Å². The van der Waals surface area contributed by atoms with Crippen molar-refractivity contribution in [2.45, 2.75) is 25.0 Å². The Morgan fingerprint density at radius 3 is 2.65 bits per heavy atom. The van der Waals surface area contributed by atoms with Gasteiger partial charge in [-0.1, -0.05) is 29.8 Å². The molecule has 0 fully saturated rings. The van der Waals surface area contributed by atoms with E-state index in [1.807, 2.05) is 24.4 Å². The Bertz CT molecular complexity index is 1090. The number of hydrogen-bond acceptors (Lipinski definition) is 4. The van der Waals surface area contributed by atoms with Crippen LogP contribution in [-0.4, -0.2) is 24.0 Å². The van der Waals surface area contributed by atoms with Crippen LogP contribution in [0.2, 0.25) is 5.15 Å². The summed E-state index contributed by atoms with van der Waals surface area (Å²) >= 11 is 6.24. The molecule has 0 saturated carbocycles. The molecule has 3 aromatic rings. The zero-order chi connectivity index (χ0) is 18.1. The quantitative estimate of drug-likeness (QED) is 0.521. The zero-order valence-corrected chi connectivity index (χ0v) is 15.6. The maximum atomic E-state index is 6.65. The Hall–Kier alpha value is -2.59. The van der Waals surface area contributed by atoms with Crippen molar-refractivity contribution in [1.82, 2.24) is 4.98 Å². The van der Waals surface area contributed by atoms with Gasteiger partial charge >= 0.3 is 0 Å². The van der Waals surface area contributed by atoms with Gasteiger partial charge < -0.3 is 9.64 Å². The minimum Gasteiger partial charge on any atom is -0.459 e. The summed E-state index contributed by atoms with van der Waals surface area (Å²) < 4.78 is 6.65. The minimum absolute atomic E-state index is 0.260. The first-order chi connectivity index (χ1) is 12.5. The lowest BCUT2D eigenvalue weighted by atomic mass is 9.77. The number of likely N-dealkylation sites (N-methyl/N-ethyl adjacent to an activating group) is 1. The number of ether oxygens (including phenoxy) is 1. The predicted molar refractivity (Wildman–Crippen MR) is 106 cm³/mol. The third kappa shape index (κ3) is 1.75. The number of benzene rings is 2. The summed E-state index contributed by atoms with van der Waals surface area (Å²) in [5.41, 5.74) is 2.29. The summed E-state index contributed by atoms with van der Waals surface area (Å²) in [5.74, 6) is 0.759. The third-order valence-corrected chi connectivity index (χ3v) is 6.10. The number of anilines is 1. The van der Waals surface area contributed by atoms with E-state index in [0.717, 1.165) is 22.2 Å². The molecule has 1 atom stereocenters. The van der Waals surface area contributed by atoms with E-state index in [4.69, 9.17) is 21.3 Å². The molecule has 1 unspecified atom stereocenters. The van der Waals surface area contributed by atoms with Crippen molar-refractivity contribution in [2.24, 2.45) is 4.99 Å². The summed E-state index contributed by atoms with van der Waals surface area (Å²) in [6.07, 6.45) is 3.63. The van der Waals surface area contributed by atoms with E-state index in [9.17, 15) is 0 Å². The van der Waals surface area contributed by atoms with Crippen LogP contribution in [0, 0.1) is 0 Å². The topological polar surface area (TPSA) is 37.7 Å².